The molecule has 1 unspecified atom stereocenters. The first-order chi connectivity index (χ1) is 10.6. The van der Waals surface area contributed by atoms with Gasteiger partial charge in [0, 0.05) is 13.6 Å². The van der Waals surface area contributed by atoms with Crippen LogP contribution in [0.2, 0.25) is 0 Å². The highest BCUT2D eigenvalue weighted by Gasteiger charge is 2.20. The van der Waals surface area contributed by atoms with Crippen LogP contribution in [0.4, 0.5) is 4.39 Å². The van der Waals surface area contributed by atoms with E-state index >= 15 is 0 Å². The van der Waals surface area contributed by atoms with Gasteiger partial charge in [0.05, 0.1) is 13.2 Å². The number of guanidine groups is 1. The molecule has 1 fully saturated rings. The SMILES string of the molecule is CN=C(NCCCC1CC1)NC(C)c1ccc(OC)c(F)c1. The van der Waals surface area contributed by atoms with Gasteiger partial charge in [-0.05, 0) is 43.4 Å². The van der Waals surface area contributed by atoms with E-state index in [2.05, 4.69) is 15.6 Å². The Morgan fingerprint density at radius 2 is 2.23 bits per heavy atom. The smallest absolute Gasteiger partial charge is 0.191 e. The number of aliphatic imine (C=N–C) groups is 1. The fourth-order valence-electron chi connectivity index (χ4n) is 2.44. The lowest BCUT2D eigenvalue weighted by Gasteiger charge is -2.18. The first-order valence-corrected chi connectivity index (χ1v) is 7.94. The number of halogens is 1. The average Bonchev–Trinajstić information content (AvgIpc) is 3.34. The molecule has 1 aliphatic rings. The van der Waals surface area contributed by atoms with Gasteiger partial charge >= 0.3 is 0 Å². The molecule has 0 radical (unpaired) electrons. The highest BCUT2D eigenvalue weighted by Crippen LogP contribution is 2.33. The van der Waals surface area contributed by atoms with E-state index in [1.807, 2.05) is 13.0 Å². The van der Waals surface area contributed by atoms with Gasteiger partial charge in [-0.3, -0.25) is 4.99 Å². The van der Waals surface area contributed by atoms with E-state index in [0.29, 0.717) is 0 Å². The highest BCUT2D eigenvalue weighted by molar-refractivity contribution is 5.80. The lowest BCUT2D eigenvalue weighted by molar-refractivity contribution is 0.386. The Kier molecular flexibility index (Phi) is 6.04. The van der Waals surface area contributed by atoms with Crippen molar-refractivity contribution in [2.45, 2.75) is 38.6 Å². The van der Waals surface area contributed by atoms with Crippen LogP contribution < -0.4 is 15.4 Å². The summed E-state index contributed by atoms with van der Waals surface area (Å²) in [4.78, 5) is 4.22. The third kappa shape index (κ3) is 4.90. The van der Waals surface area contributed by atoms with E-state index in [1.165, 1.54) is 32.4 Å². The minimum atomic E-state index is -0.346. The molecule has 0 bridgehead atoms. The van der Waals surface area contributed by atoms with Gasteiger partial charge in [0.1, 0.15) is 0 Å². The zero-order valence-electron chi connectivity index (χ0n) is 13.7. The van der Waals surface area contributed by atoms with Gasteiger partial charge in [-0.15, -0.1) is 0 Å². The number of methoxy groups -OCH3 is 1. The van der Waals surface area contributed by atoms with Crippen LogP contribution in [0, 0.1) is 11.7 Å². The van der Waals surface area contributed by atoms with Crippen LogP contribution >= 0.6 is 0 Å². The second-order valence-corrected chi connectivity index (χ2v) is 5.84. The van der Waals surface area contributed by atoms with Crippen LogP contribution in [-0.2, 0) is 0 Å². The van der Waals surface area contributed by atoms with Crippen molar-refractivity contribution in [2.75, 3.05) is 20.7 Å². The predicted octanol–water partition coefficient (Wildman–Crippen LogP) is 3.25. The van der Waals surface area contributed by atoms with Crippen molar-refractivity contribution in [1.29, 1.82) is 0 Å². The van der Waals surface area contributed by atoms with E-state index in [1.54, 1.807) is 13.1 Å². The molecule has 2 rings (SSSR count). The average molecular weight is 307 g/mol. The van der Waals surface area contributed by atoms with Gasteiger partial charge < -0.3 is 15.4 Å². The summed E-state index contributed by atoms with van der Waals surface area (Å²) in [5, 5.41) is 6.59. The zero-order valence-corrected chi connectivity index (χ0v) is 13.7. The Morgan fingerprint density at radius 3 is 2.82 bits per heavy atom. The quantitative estimate of drug-likeness (QED) is 0.462. The predicted molar refractivity (Wildman–Crippen MR) is 87.8 cm³/mol. The molecule has 0 amide bonds. The molecule has 2 N–H and O–H groups in total. The van der Waals surface area contributed by atoms with Crippen LogP contribution in [0.15, 0.2) is 23.2 Å². The number of ether oxygens (including phenoxy) is 1. The molecule has 22 heavy (non-hydrogen) atoms. The molecule has 0 heterocycles. The molecule has 1 atom stereocenters. The Labute approximate surface area is 132 Å². The molecule has 1 aromatic rings. The fraction of sp³-hybridized carbons (Fsp3) is 0.588. The Hall–Kier alpha value is -1.78. The van der Waals surface area contributed by atoms with E-state index in [9.17, 15) is 4.39 Å². The summed E-state index contributed by atoms with van der Waals surface area (Å²) in [5.41, 5.74) is 0.860. The summed E-state index contributed by atoms with van der Waals surface area (Å²) in [6, 6.07) is 4.97. The minimum Gasteiger partial charge on any atom is -0.494 e. The van der Waals surface area contributed by atoms with Crippen molar-refractivity contribution in [2.24, 2.45) is 10.9 Å². The van der Waals surface area contributed by atoms with Crippen molar-refractivity contribution in [3.63, 3.8) is 0 Å². The second kappa shape index (κ2) is 8.01. The summed E-state index contributed by atoms with van der Waals surface area (Å²) in [7, 11) is 3.21. The van der Waals surface area contributed by atoms with E-state index in [0.717, 1.165) is 30.4 Å². The van der Waals surface area contributed by atoms with Gasteiger partial charge in [0.15, 0.2) is 17.5 Å². The van der Waals surface area contributed by atoms with Crippen LogP contribution in [0.5, 0.6) is 5.75 Å². The topological polar surface area (TPSA) is 45.7 Å². The molecule has 0 aliphatic heterocycles. The van der Waals surface area contributed by atoms with Crippen molar-refractivity contribution in [1.82, 2.24) is 10.6 Å². The second-order valence-electron chi connectivity index (χ2n) is 5.84. The van der Waals surface area contributed by atoms with Gasteiger partial charge in [-0.1, -0.05) is 18.9 Å². The van der Waals surface area contributed by atoms with Crippen LogP contribution in [0.3, 0.4) is 0 Å². The maximum atomic E-state index is 13.8. The summed E-state index contributed by atoms with van der Waals surface area (Å²) >= 11 is 0. The molecule has 1 aliphatic carbocycles. The van der Waals surface area contributed by atoms with Crippen molar-refractivity contribution in [3.8, 4) is 5.75 Å². The largest absolute Gasteiger partial charge is 0.494 e. The first-order valence-electron chi connectivity index (χ1n) is 7.94. The molecule has 0 spiro atoms. The summed E-state index contributed by atoms with van der Waals surface area (Å²) < 4.78 is 18.7. The zero-order chi connectivity index (χ0) is 15.9. The minimum absolute atomic E-state index is 0.0324. The monoisotopic (exact) mass is 307 g/mol. The molecule has 4 nitrogen and oxygen atoms in total. The maximum Gasteiger partial charge on any atom is 0.191 e. The van der Waals surface area contributed by atoms with E-state index < -0.39 is 0 Å². The van der Waals surface area contributed by atoms with Crippen LogP contribution in [-0.4, -0.2) is 26.7 Å². The molecule has 1 aromatic carbocycles. The molecule has 1 saturated carbocycles. The van der Waals surface area contributed by atoms with Crippen molar-refractivity contribution < 1.29 is 9.13 Å². The lowest BCUT2D eigenvalue weighted by atomic mass is 10.1. The molecule has 0 saturated heterocycles. The number of hydrogen-bond acceptors (Lipinski definition) is 2. The van der Waals surface area contributed by atoms with E-state index in [-0.39, 0.29) is 17.6 Å². The fourth-order valence-corrected chi connectivity index (χ4v) is 2.44. The Morgan fingerprint density at radius 1 is 1.45 bits per heavy atom. The highest BCUT2D eigenvalue weighted by atomic mass is 19.1. The molecular formula is C17H26FN3O. The summed E-state index contributed by atoms with van der Waals surface area (Å²) in [6.07, 6.45) is 5.25. The summed E-state index contributed by atoms with van der Waals surface area (Å²) in [6.45, 7) is 2.90. The number of nitrogens with one attached hydrogen (secondary N) is 2. The molecule has 122 valence electrons. The number of nitrogens with zero attached hydrogens (tertiary/aromatic N) is 1. The molecule has 5 heteroatoms. The van der Waals surface area contributed by atoms with Gasteiger partial charge in [0.25, 0.3) is 0 Å². The van der Waals surface area contributed by atoms with E-state index in [4.69, 9.17) is 4.74 Å². The van der Waals surface area contributed by atoms with Crippen LogP contribution in [0.1, 0.15) is 44.2 Å². The van der Waals surface area contributed by atoms with Crippen LogP contribution in [0.25, 0.3) is 0 Å². The van der Waals surface area contributed by atoms with Gasteiger partial charge in [0.2, 0.25) is 0 Å². The molecule has 0 aromatic heterocycles. The molecular weight excluding hydrogens is 281 g/mol. The van der Waals surface area contributed by atoms with Gasteiger partial charge in [-0.2, -0.15) is 0 Å². The first kappa shape index (κ1) is 16.6. The maximum absolute atomic E-state index is 13.8. The number of hydrogen-bond donors (Lipinski definition) is 2. The summed E-state index contributed by atoms with van der Waals surface area (Å²) in [5.74, 6) is 1.62. The standard InChI is InChI=1S/C17H26FN3O/c1-12(14-8-9-16(22-3)15(18)11-14)21-17(19-2)20-10-4-5-13-6-7-13/h8-9,11-13H,4-7,10H2,1-3H3,(H2,19,20,21). The van der Waals surface area contributed by atoms with Crippen molar-refractivity contribution >= 4 is 5.96 Å². The Bertz CT molecular complexity index is 515. The third-order valence-corrected chi connectivity index (χ3v) is 4.03. The number of rotatable bonds is 7. The van der Waals surface area contributed by atoms with Crippen molar-refractivity contribution in [3.05, 3.63) is 29.6 Å². The Balaban J connectivity index is 1.82. The lowest BCUT2D eigenvalue weighted by Crippen LogP contribution is -2.39. The third-order valence-electron chi connectivity index (χ3n) is 4.03. The number of benzene rings is 1. The normalized spacial score (nSPS) is 16.3. The van der Waals surface area contributed by atoms with Gasteiger partial charge in [-0.25, -0.2) is 4.39 Å².